The molecule has 4 heteroatoms. The van der Waals surface area contributed by atoms with Crippen LogP contribution in [0.3, 0.4) is 0 Å². The third kappa shape index (κ3) is 1.58. The van der Waals surface area contributed by atoms with Crippen LogP contribution >= 0.6 is 11.6 Å². The van der Waals surface area contributed by atoms with E-state index >= 15 is 0 Å². The van der Waals surface area contributed by atoms with Crippen molar-refractivity contribution in [3.8, 4) is 11.8 Å². The predicted molar refractivity (Wildman–Crippen MR) is 62.8 cm³/mol. The van der Waals surface area contributed by atoms with E-state index in [0.29, 0.717) is 16.3 Å². The molecule has 1 aromatic carbocycles. The van der Waals surface area contributed by atoms with Crippen LogP contribution in [-0.2, 0) is 0 Å². The predicted octanol–water partition coefficient (Wildman–Crippen LogP) is 3.08. The van der Waals surface area contributed by atoms with Gasteiger partial charge in [0, 0.05) is 11.5 Å². The van der Waals surface area contributed by atoms with Crippen LogP contribution in [0.5, 0.6) is 5.75 Å². The number of hydrogen-bond donors (Lipinski definition) is 0. The van der Waals surface area contributed by atoms with E-state index in [-0.39, 0.29) is 0 Å². The number of nitriles is 1. The molecule has 0 N–H and O–H groups in total. The van der Waals surface area contributed by atoms with Gasteiger partial charge in [-0.1, -0.05) is 11.6 Å². The van der Waals surface area contributed by atoms with Gasteiger partial charge in [-0.2, -0.15) is 5.26 Å². The highest BCUT2D eigenvalue weighted by Crippen LogP contribution is 2.29. The topological polar surface area (TPSA) is 45.9 Å². The molecule has 0 saturated carbocycles. The summed E-state index contributed by atoms with van der Waals surface area (Å²) in [7, 11) is 1.60. The van der Waals surface area contributed by atoms with Crippen LogP contribution in [0.1, 0.15) is 11.3 Å². The number of fused-ring (bicyclic) bond motifs is 1. The number of aryl methyl sites for hydroxylation is 1. The normalized spacial score (nSPS) is 10.1. The molecule has 0 bridgehead atoms. The molecule has 3 nitrogen and oxygen atoms in total. The first-order chi connectivity index (χ1) is 7.67. The molecule has 16 heavy (non-hydrogen) atoms. The number of rotatable bonds is 1. The summed E-state index contributed by atoms with van der Waals surface area (Å²) < 4.78 is 5.11. The molecule has 0 aliphatic heterocycles. The molecule has 1 heterocycles. The second-order valence-electron chi connectivity index (χ2n) is 3.38. The first-order valence-corrected chi connectivity index (χ1v) is 5.09. The SMILES string of the molecule is COc1ccc2c(Cl)c(C#N)c(C)nc2c1. The summed E-state index contributed by atoms with van der Waals surface area (Å²) in [4.78, 5) is 4.33. The maximum absolute atomic E-state index is 8.96. The summed E-state index contributed by atoms with van der Waals surface area (Å²) in [5.74, 6) is 0.722. The van der Waals surface area contributed by atoms with Gasteiger partial charge in [0.2, 0.25) is 0 Å². The summed E-state index contributed by atoms with van der Waals surface area (Å²) in [6.45, 7) is 1.77. The Balaban J connectivity index is 2.83. The first-order valence-electron chi connectivity index (χ1n) is 4.71. The smallest absolute Gasteiger partial charge is 0.121 e. The lowest BCUT2D eigenvalue weighted by Gasteiger charge is -2.06. The van der Waals surface area contributed by atoms with Crippen LogP contribution in [0.4, 0.5) is 0 Å². The zero-order chi connectivity index (χ0) is 11.7. The number of methoxy groups -OCH3 is 1. The molecular formula is C12H9ClN2O. The third-order valence-electron chi connectivity index (χ3n) is 2.42. The second-order valence-corrected chi connectivity index (χ2v) is 3.76. The average Bonchev–Trinajstić information content (AvgIpc) is 2.28. The summed E-state index contributed by atoms with van der Waals surface area (Å²) in [5, 5.41) is 10.2. The van der Waals surface area contributed by atoms with Crippen molar-refractivity contribution >= 4 is 22.5 Å². The zero-order valence-electron chi connectivity index (χ0n) is 8.91. The molecule has 0 aliphatic carbocycles. The van der Waals surface area contributed by atoms with Crippen LogP contribution < -0.4 is 4.74 Å². The molecule has 0 fully saturated rings. The van der Waals surface area contributed by atoms with E-state index in [1.165, 1.54) is 0 Å². The standard InChI is InChI=1S/C12H9ClN2O/c1-7-10(6-14)12(13)9-4-3-8(16-2)5-11(9)15-7/h3-5H,1-2H3. The van der Waals surface area contributed by atoms with E-state index < -0.39 is 0 Å². The van der Waals surface area contributed by atoms with Gasteiger partial charge in [0.25, 0.3) is 0 Å². The fourth-order valence-electron chi connectivity index (χ4n) is 1.58. The lowest BCUT2D eigenvalue weighted by molar-refractivity contribution is 0.415. The van der Waals surface area contributed by atoms with Crippen molar-refractivity contribution < 1.29 is 4.74 Å². The number of hydrogen-bond acceptors (Lipinski definition) is 3. The number of halogens is 1. The number of aromatic nitrogens is 1. The minimum atomic E-state index is 0.430. The minimum Gasteiger partial charge on any atom is -0.497 e. The third-order valence-corrected chi connectivity index (χ3v) is 2.82. The number of benzene rings is 1. The van der Waals surface area contributed by atoms with E-state index in [0.717, 1.165) is 16.7 Å². The second kappa shape index (κ2) is 3.99. The largest absolute Gasteiger partial charge is 0.497 e. The molecule has 0 radical (unpaired) electrons. The van der Waals surface area contributed by atoms with Crippen molar-refractivity contribution in [1.82, 2.24) is 4.98 Å². The van der Waals surface area contributed by atoms with Crippen LogP contribution in [0, 0.1) is 18.3 Å². The van der Waals surface area contributed by atoms with E-state index in [2.05, 4.69) is 11.1 Å². The fourth-order valence-corrected chi connectivity index (χ4v) is 1.92. The van der Waals surface area contributed by atoms with Crippen LogP contribution in [0.2, 0.25) is 5.02 Å². The average molecular weight is 233 g/mol. The Bertz CT molecular complexity index is 602. The molecule has 2 rings (SSSR count). The van der Waals surface area contributed by atoms with Crippen molar-refractivity contribution in [3.63, 3.8) is 0 Å². The Morgan fingerprint density at radius 1 is 1.44 bits per heavy atom. The van der Waals surface area contributed by atoms with E-state index in [1.54, 1.807) is 26.2 Å². The maximum atomic E-state index is 8.96. The Hall–Kier alpha value is -1.79. The van der Waals surface area contributed by atoms with E-state index in [4.69, 9.17) is 21.6 Å². The molecule has 80 valence electrons. The molecular weight excluding hydrogens is 224 g/mol. The van der Waals surface area contributed by atoms with Crippen molar-refractivity contribution in [2.75, 3.05) is 7.11 Å². The van der Waals surface area contributed by atoms with Gasteiger partial charge >= 0.3 is 0 Å². The van der Waals surface area contributed by atoms with Gasteiger partial charge < -0.3 is 4.74 Å². The van der Waals surface area contributed by atoms with Crippen molar-refractivity contribution in [1.29, 1.82) is 5.26 Å². The van der Waals surface area contributed by atoms with Gasteiger partial charge in [-0.15, -0.1) is 0 Å². The highest BCUT2D eigenvalue weighted by molar-refractivity contribution is 6.36. The minimum absolute atomic E-state index is 0.430. The molecule has 0 spiro atoms. The fraction of sp³-hybridized carbons (Fsp3) is 0.167. The summed E-state index contributed by atoms with van der Waals surface area (Å²) >= 11 is 6.14. The zero-order valence-corrected chi connectivity index (χ0v) is 9.67. The van der Waals surface area contributed by atoms with Crippen LogP contribution in [0.15, 0.2) is 18.2 Å². The van der Waals surface area contributed by atoms with Crippen LogP contribution in [-0.4, -0.2) is 12.1 Å². The van der Waals surface area contributed by atoms with Gasteiger partial charge in [0.05, 0.1) is 28.9 Å². The summed E-state index contributed by atoms with van der Waals surface area (Å²) in [5.41, 5.74) is 1.80. The lowest BCUT2D eigenvalue weighted by atomic mass is 10.1. The van der Waals surface area contributed by atoms with Crippen molar-refractivity contribution in [2.24, 2.45) is 0 Å². The highest BCUT2D eigenvalue weighted by atomic mass is 35.5. The van der Waals surface area contributed by atoms with Gasteiger partial charge in [0.15, 0.2) is 0 Å². The Labute approximate surface area is 98.2 Å². The number of nitrogens with zero attached hydrogens (tertiary/aromatic N) is 2. The van der Waals surface area contributed by atoms with Gasteiger partial charge in [-0.3, -0.25) is 4.98 Å². The molecule has 1 aromatic heterocycles. The lowest BCUT2D eigenvalue weighted by Crippen LogP contribution is -1.92. The Kier molecular flexibility index (Phi) is 2.67. The van der Waals surface area contributed by atoms with Crippen LogP contribution in [0.25, 0.3) is 10.9 Å². The molecule has 0 saturated heterocycles. The molecule has 2 aromatic rings. The highest BCUT2D eigenvalue weighted by Gasteiger charge is 2.10. The Morgan fingerprint density at radius 3 is 2.81 bits per heavy atom. The first kappa shape index (κ1) is 10.7. The monoisotopic (exact) mass is 232 g/mol. The molecule has 0 atom stereocenters. The quantitative estimate of drug-likeness (QED) is 0.759. The summed E-state index contributed by atoms with van der Waals surface area (Å²) in [6, 6.07) is 7.47. The van der Waals surface area contributed by atoms with Gasteiger partial charge in [-0.25, -0.2) is 0 Å². The maximum Gasteiger partial charge on any atom is 0.121 e. The Morgan fingerprint density at radius 2 is 2.19 bits per heavy atom. The van der Waals surface area contributed by atoms with E-state index in [9.17, 15) is 0 Å². The van der Waals surface area contributed by atoms with E-state index in [1.807, 2.05) is 6.07 Å². The van der Waals surface area contributed by atoms with Gasteiger partial charge in [-0.05, 0) is 19.1 Å². The number of pyridine rings is 1. The number of ether oxygens (including phenoxy) is 1. The van der Waals surface area contributed by atoms with Crippen molar-refractivity contribution in [2.45, 2.75) is 6.92 Å². The van der Waals surface area contributed by atoms with Gasteiger partial charge in [0.1, 0.15) is 11.8 Å². The summed E-state index contributed by atoms with van der Waals surface area (Å²) in [6.07, 6.45) is 0. The molecule has 0 aliphatic rings. The molecule has 0 unspecified atom stereocenters. The van der Waals surface area contributed by atoms with Crippen molar-refractivity contribution in [3.05, 3.63) is 34.5 Å². The molecule has 0 amide bonds.